The van der Waals surface area contributed by atoms with E-state index in [1.54, 1.807) is 0 Å². The van der Waals surface area contributed by atoms with Gasteiger partial charge in [0, 0.05) is 0 Å². The quantitative estimate of drug-likeness (QED) is 0.793. The molecule has 1 amide bonds. The fourth-order valence-electron chi connectivity index (χ4n) is 1.63. The second kappa shape index (κ2) is 6.92. The Hall–Kier alpha value is -2.31. The third-order valence-electron chi connectivity index (χ3n) is 2.68. The molecule has 2 N–H and O–H groups in total. The highest BCUT2D eigenvalue weighted by molar-refractivity contribution is 5.84. The summed E-state index contributed by atoms with van der Waals surface area (Å²) in [4.78, 5) is 22.5. The standard InChI is InChI=1S/C14H14F3NO3/c1-2-3-11(13(20)21)18-12(19)8-9-4-6-10(7-5-9)14(15,16)17/h2,4-7,11H,1,3,8H2,(H,18,19)(H,20,21). The zero-order valence-corrected chi connectivity index (χ0v) is 11.0. The number of hydrogen-bond acceptors (Lipinski definition) is 2. The van der Waals surface area contributed by atoms with Gasteiger partial charge in [0.2, 0.25) is 5.91 Å². The van der Waals surface area contributed by atoms with Crippen LogP contribution in [0.25, 0.3) is 0 Å². The summed E-state index contributed by atoms with van der Waals surface area (Å²) < 4.78 is 37.1. The number of carbonyl (C=O) groups is 2. The number of alkyl halides is 3. The van der Waals surface area contributed by atoms with E-state index in [0.717, 1.165) is 12.1 Å². The molecule has 7 heteroatoms. The normalized spacial score (nSPS) is 12.5. The van der Waals surface area contributed by atoms with Crippen LogP contribution in [0.4, 0.5) is 13.2 Å². The number of amides is 1. The Labute approximate surface area is 119 Å². The Bertz CT molecular complexity index is 523. The van der Waals surface area contributed by atoms with Gasteiger partial charge in [-0.25, -0.2) is 4.79 Å². The van der Waals surface area contributed by atoms with Crippen LogP contribution in [0.15, 0.2) is 36.9 Å². The molecule has 0 bridgehead atoms. The number of carbonyl (C=O) groups excluding carboxylic acids is 1. The van der Waals surface area contributed by atoms with E-state index in [2.05, 4.69) is 11.9 Å². The fourth-order valence-corrected chi connectivity index (χ4v) is 1.63. The molecule has 114 valence electrons. The molecule has 0 aliphatic rings. The van der Waals surface area contributed by atoms with Gasteiger partial charge in [-0.05, 0) is 24.1 Å². The van der Waals surface area contributed by atoms with Crippen molar-refractivity contribution in [3.63, 3.8) is 0 Å². The first-order valence-corrected chi connectivity index (χ1v) is 6.03. The summed E-state index contributed by atoms with van der Waals surface area (Å²) in [6, 6.07) is 3.03. The Morgan fingerprint density at radius 1 is 1.29 bits per heavy atom. The highest BCUT2D eigenvalue weighted by atomic mass is 19.4. The van der Waals surface area contributed by atoms with Gasteiger partial charge in [-0.15, -0.1) is 6.58 Å². The molecule has 0 saturated carbocycles. The number of benzene rings is 1. The molecular formula is C14H14F3NO3. The molecule has 0 aliphatic carbocycles. The van der Waals surface area contributed by atoms with E-state index in [1.807, 2.05) is 0 Å². The van der Waals surface area contributed by atoms with Crippen molar-refractivity contribution in [1.29, 1.82) is 0 Å². The smallest absolute Gasteiger partial charge is 0.416 e. The van der Waals surface area contributed by atoms with Crippen LogP contribution >= 0.6 is 0 Å². The van der Waals surface area contributed by atoms with Gasteiger partial charge < -0.3 is 10.4 Å². The molecule has 4 nitrogen and oxygen atoms in total. The Morgan fingerprint density at radius 2 is 1.86 bits per heavy atom. The fraction of sp³-hybridized carbons (Fsp3) is 0.286. The van der Waals surface area contributed by atoms with Crippen LogP contribution in [0.2, 0.25) is 0 Å². The molecule has 0 aromatic heterocycles. The number of aliphatic carboxylic acids is 1. The maximum absolute atomic E-state index is 12.4. The molecule has 1 aromatic rings. The lowest BCUT2D eigenvalue weighted by atomic mass is 10.1. The lowest BCUT2D eigenvalue weighted by Gasteiger charge is -2.13. The molecule has 0 aliphatic heterocycles. The van der Waals surface area contributed by atoms with Gasteiger partial charge in [0.15, 0.2) is 0 Å². The van der Waals surface area contributed by atoms with Crippen molar-refractivity contribution >= 4 is 11.9 Å². The van der Waals surface area contributed by atoms with Gasteiger partial charge in [-0.2, -0.15) is 13.2 Å². The maximum atomic E-state index is 12.4. The highest BCUT2D eigenvalue weighted by Crippen LogP contribution is 2.29. The van der Waals surface area contributed by atoms with E-state index < -0.39 is 29.7 Å². The molecule has 0 spiro atoms. The molecule has 21 heavy (non-hydrogen) atoms. The lowest BCUT2D eigenvalue weighted by molar-refractivity contribution is -0.141. The number of nitrogens with one attached hydrogen (secondary N) is 1. The number of hydrogen-bond donors (Lipinski definition) is 2. The second-order valence-electron chi connectivity index (χ2n) is 4.35. The van der Waals surface area contributed by atoms with Crippen molar-refractivity contribution in [2.45, 2.75) is 25.1 Å². The summed E-state index contributed by atoms with van der Waals surface area (Å²) in [6.07, 6.45) is -3.20. The van der Waals surface area contributed by atoms with Gasteiger partial charge in [-0.1, -0.05) is 18.2 Å². The number of rotatable bonds is 6. The van der Waals surface area contributed by atoms with Crippen LogP contribution in [0, 0.1) is 0 Å². The molecule has 1 unspecified atom stereocenters. The highest BCUT2D eigenvalue weighted by Gasteiger charge is 2.30. The van der Waals surface area contributed by atoms with Crippen molar-refractivity contribution in [2.75, 3.05) is 0 Å². The van der Waals surface area contributed by atoms with Crippen LogP contribution in [-0.2, 0) is 22.2 Å². The van der Waals surface area contributed by atoms with E-state index in [1.165, 1.54) is 18.2 Å². The summed E-state index contributed by atoms with van der Waals surface area (Å²) >= 11 is 0. The van der Waals surface area contributed by atoms with Gasteiger partial charge in [0.05, 0.1) is 12.0 Å². The van der Waals surface area contributed by atoms with Crippen molar-refractivity contribution in [3.05, 3.63) is 48.0 Å². The van der Waals surface area contributed by atoms with Crippen LogP contribution in [0.1, 0.15) is 17.5 Å². The zero-order chi connectivity index (χ0) is 16.0. The molecule has 0 fully saturated rings. The van der Waals surface area contributed by atoms with E-state index in [9.17, 15) is 22.8 Å². The summed E-state index contributed by atoms with van der Waals surface area (Å²) in [5.74, 6) is -1.78. The molecule has 1 aromatic carbocycles. The SMILES string of the molecule is C=CCC(NC(=O)Cc1ccc(C(F)(F)F)cc1)C(=O)O. The van der Waals surface area contributed by atoms with Crippen molar-refractivity contribution < 1.29 is 27.9 Å². The average molecular weight is 301 g/mol. The van der Waals surface area contributed by atoms with Crippen LogP contribution in [-0.4, -0.2) is 23.0 Å². The Kier molecular flexibility index (Phi) is 5.52. The first-order chi connectivity index (χ1) is 9.74. The zero-order valence-electron chi connectivity index (χ0n) is 11.0. The second-order valence-corrected chi connectivity index (χ2v) is 4.35. The lowest BCUT2D eigenvalue weighted by Crippen LogP contribution is -2.41. The first-order valence-electron chi connectivity index (χ1n) is 6.03. The van der Waals surface area contributed by atoms with Crippen LogP contribution in [0.3, 0.4) is 0 Å². The third kappa shape index (κ3) is 5.29. The molecular weight excluding hydrogens is 287 g/mol. The van der Waals surface area contributed by atoms with Crippen molar-refractivity contribution in [2.24, 2.45) is 0 Å². The Balaban J connectivity index is 2.66. The summed E-state index contributed by atoms with van der Waals surface area (Å²) in [7, 11) is 0. The topological polar surface area (TPSA) is 66.4 Å². The minimum absolute atomic E-state index is 0.0636. The number of carboxylic acid groups (broad SMARTS) is 1. The number of halogens is 3. The van der Waals surface area contributed by atoms with Crippen LogP contribution < -0.4 is 5.32 Å². The van der Waals surface area contributed by atoms with E-state index >= 15 is 0 Å². The molecule has 0 heterocycles. The van der Waals surface area contributed by atoms with Gasteiger partial charge in [-0.3, -0.25) is 4.79 Å². The predicted molar refractivity (Wildman–Crippen MR) is 69.5 cm³/mol. The minimum atomic E-state index is -4.43. The molecule has 1 atom stereocenters. The summed E-state index contributed by atoms with van der Waals surface area (Å²) in [5.41, 5.74) is -0.440. The summed E-state index contributed by atoms with van der Waals surface area (Å²) in [5, 5.41) is 11.1. The summed E-state index contributed by atoms with van der Waals surface area (Å²) in [6.45, 7) is 3.39. The van der Waals surface area contributed by atoms with Gasteiger partial charge in [0.1, 0.15) is 6.04 Å². The van der Waals surface area contributed by atoms with Crippen molar-refractivity contribution in [1.82, 2.24) is 5.32 Å². The Morgan fingerprint density at radius 3 is 2.29 bits per heavy atom. The van der Waals surface area contributed by atoms with Gasteiger partial charge >= 0.3 is 12.1 Å². The maximum Gasteiger partial charge on any atom is 0.416 e. The average Bonchev–Trinajstić information content (AvgIpc) is 2.37. The largest absolute Gasteiger partial charge is 0.480 e. The monoisotopic (exact) mass is 301 g/mol. The van der Waals surface area contributed by atoms with Crippen LogP contribution in [0.5, 0.6) is 0 Å². The van der Waals surface area contributed by atoms with E-state index in [0.29, 0.717) is 5.56 Å². The molecule has 0 saturated heterocycles. The number of carboxylic acids is 1. The minimum Gasteiger partial charge on any atom is -0.480 e. The van der Waals surface area contributed by atoms with Gasteiger partial charge in [0.25, 0.3) is 0 Å². The third-order valence-corrected chi connectivity index (χ3v) is 2.68. The molecule has 1 rings (SSSR count). The first kappa shape index (κ1) is 16.7. The van der Waals surface area contributed by atoms with Crippen molar-refractivity contribution in [3.8, 4) is 0 Å². The van der Waals surface area contributed by atoms with E-state index in [-0.39, 0.29) is 12.8 Å². The molecule has 0 radical (unpaired) electrons. The van der Waals surface area contributed by atoms with E-state index in [4.69, 9.17) is 5.11 Å². The predicted octanol–water partition coefficient (Wildman–Crippen LogP) is 2.39.